The molecule has 12 heteroatoms. The normalized spacial score (nSPS) is 12.7. The van der Waals surface area contributed by atoms with Gasteiger partial charge in [0.1, 0.15) is 5.75 Å². The number of rotatable bonds is 8. The van der Waals surface area contributed by atoms with Gasteiger partial charge < -0.3 is 9.84 Å². The van der Waals surface area contributed by atoms with Gasteiger partial charge in [0.05, 0.1) is 29.1 Å². The highest BCUT2D eigenvalue weighted by Crippen LogP contribution is 2.34. The molecule has 0 spiro atoms. The lowest BCUT2D eigenvalue weighted by atomic mass is 10.2. The minimum absolute atomic E-state index is 0.232. The first-order valence-corrected chi connectivity index (χ1v) is 12.1. The van der Waals surface area contributed by atoms with Gasteiger partial charge in [0, 0.05) is 10.9 Å². The first kappa shape index (κ1) is 25.4. The van der Waals surface area contributed by atoms with Crippen LogP contribution in [0.3, 0.4) is 0 Å². The number of thiazole rings is 1. The maximum Gasteiger partial charge on any atom is 0.415 e. The Hall–Kier alpha value is -3.22. The van der Waals surface area contributed by atoms with E-state index in [-0.39, 0.29) is 10.8 Å². The van der Waals surface area contributed by atoms with Crippen LogP contribution in [0, 0.1) is 0 Å². The minimum atomic E-state index is -5.06. The lowest BCUT2D eigenvalue weighted by Gasteiger charge is -2.19. The molecule has 0 radical (unpaired) electrons. The Kier molecular flexibility index (Phi) is 7.44. The number of aliphatic hydroxyl groups excluding tert-OH is 1. The van der Waals surface area contributed by atoms with Gasteiger partial charge in [-0.3, -0.25) is 9.69 Å². The van der Waals surface area contributed by atoms with Crippen molar-refractivity contribution in [2.24, 2.45) is 0 Å². The van der Waals surface area contributed by atoms with Crippen LogP contribution in [0.4, 0.5) is 24.0 Å². The van der Waals surface area contributed by atoms with Crippen LogP contribution in [0.25, 0.3) is 11.3 Å². The molecule has 1 atom stereocenters. The van der Waals surface area contributed by atoms with E-state index in [1.807, 2.05) is 0 Å². The predicted molar refractivity (Wildman–Crippen MR) is 122 cm³/mol. The fourth-order valence-electron chi connectivity index (χ4n) is 2.89. The molecule has 1 amide bonds. The fourth-order valence-corrected chi connectivity index (χ4v) is 5.09. The molecular weight excluding hydrogens is 493 g/mol. The molecule has 1 heterocycles. The summed E-state index contributed by atoms with van der Waals surface area (Å²) < 4.78 is 67.3. The third-order valence-corrected chi connectivity index (χ3v) is 7.24. The number of aliphatic hydroxyl groups is 1. The first-order valence-electron chi connectivity index (χ1n) is 9.60. The molecule has 1 aromatic heterocycles. The van der Waals surface area contributed by atoms with Crippen molar-refractivity contribution >= 4 is 37.9 Å². The second kappa shape index (κ2) is 9.95. The van der Waals surface area contributed by atoms with Crippen molar-refractivity contribution in [1.82, 2.24) is 4.98 Å². The molecule has 3 aromatic rings. The third-order valence-electron chi connectivity index (χ3n) is 4.67. The third kappa shape index (κ3) is 5.64. The zero-order valence-corrected chi connectivity index (χ0v) is 19.3. The number of sulfone groups is 1. The molecule has 34 heavy (non-hydrogen) atoms. The molecule has 0 bridgehead atoms. The maximum atomic E-state index is 12.6. The number of hydrogen-bond acceptors (Lipinski definition) is 7. The Morgan fingerprint density at radius 2 is 1.82 bits per heavy atom. The van der Waals surface area contributed by atoms with Crippen LogP contribution in [0.1, 0.15) is 0 Å². The van der Waals surface area contributed by atoms with E-state index in [4.69, 9.17) is 9.84 Å². The monoisotopic (exact) mass is 512 g/mol. The maximum absolute atomic E-state index is 12.6. The number of carbonyl (C=O) groups is 1. The molecule has 180 valence electrons. The van der Waals surface area contributed by atoms with Crippen LogP contribution >= 0.6 is 11.3 Å². The SMILES string of the molecule is C=CC(=O)N(c1ccc(S(=O)(=O)CC(O)C(F)(F)F)cc1)c1nc(-c2ccc(OC)cc2)cs1. The Balaban J connectivity index is 1.90. The molecule has 1 unspecified atom stereocenters. The minimum Gasteiger partial charge on any atom is -0.497 e. The van der Waals surface area contributed by atoms with Gasteiger partial charge >= 0.3 is 6.18 Å². The van der Waals surface area contributed by atoms with Gasteiger partial charge in [0.15, 0.2) is 21.1 Å². The number of methoxy groups -OCH3 is 1. The number of amides is 1. The van der Waals surface area contributed by atoms with Crippen molar-refractivity contribution in [3.8, 4) is 17.0 Å². The highest BCUT2D eigenvalue weighted by atomic mass is 32.2. The molecule has 0 aliphatic heterocycles. The number of anilines is 2. The van der Waals surface area contributed by atoms with E-state index in [1.54, 1.807) is 36.8 Å². The molecule has 0 aliphatic rings. The van der Waals surface area contributed by atoms with E-state index in [0.29, 0.717) is 11.4 Å². The van der Waals surface area contributed by atoms with Gasteiger partial charge in [-0.25, -0.2) is 13.4 Å². The highest BCUT2D eigenvalue weighted by Gasteiger charge is 2.41. The number of carbonyl (C=O) groups excluding carboxylic acids is 1. The lowest BCUT2D eigenvalue weighted by molar-refractivity contribution is -0.196. The van der Waals surface area contributed by atoms with Gasteiger partial charge in [0.25, 0.3) is 5.91 Å². The number of aromatic nitrogens is 1. The molecule has 7 nitrogen and oxygen atoms in total. The van der Waals surface area contributed by atoms with Crippen LogP contribution in [-0.2, 0) is 14.6 Å². The second-order valence-electron chi connectivity index (χ2n) is 6.95. The Bertz CT molecular complexity index is 1270. The molecule has 0 fully saturated rings. The summed E-state index contributed by atoms with van der Waals surface area (Å²) >= 11 is 1.16. The predicted octanol–water partition coefficient (Wildman–Crippen LogP) is 4.37. The zero-order valence-electron chi connectivity index (χ0n) is 17.7. The molecular formula is C22H19F3N2O5S2. The molecule has 0 aliphatic carbocycles. The summed E-state index contributed by atoms with van der Waals surface area (Å²) in [5.74, 6) is -1.39. The summed E-state index contributed by atoms with van der Waals surface area (Å²) in [7, 11) is -2.88. The van der Waals surface area contributed by atoms with Gasteiger partial charge in [-0.2, -0.15) is 13.2 Å². The summed E-state index contributed by atoms with van der Waals surface area (Å²) in [6, 6.07) is 11.8. The van der Waals surface area contributed by atoms with Gasteiger partial charge in [-0.05, 0) is 54.6 Å². The quantitative estimate of drug-likeness (QED) is 0.451. The molecule has 3 rings (SSSR count). The number of nitrogens with zero attached hydrogens (tertiary/aromatic N) is 2. The van der Waals surface area contributed by atoms with Crippen LogP contribution in [-0.4, -0.2) is 49.6 Å². The summed E-state index contributed by atoms with van der Waals surface area (Å²) in [6.45, 7) is 3.47. The van der Waals surface area contributed by atoms with E-state index in [2.05, 4.69) is 11.6 Å². The Morgan fingerprint density at radius 3 is 2.35 bits per heavy atom. The van der Waals surface area contributed by atoms with Crippen molar-refractivity contribution in [3.05, 3.63) is 66.6 Å². The van der Waals surface area contributed by atoms with Crippen molar-refractivity contribution in [1.29, 1.82) is 0 Å². The van der Waals surface area contributed by atoms with Gasteiger partial charge in [-0.1, -0.05) is 6.58 Å². The van der Waals surface area contributed by atoms with Crippen molar-refractivity contribution < 1.29 is 36.2 Å². The summed E-state index contributed by atoms with van der Waals surface area (Å²) in [4.78, 5) is 17.8. The summed E-state index contributed by atoms with van der Waals surface area (Å²) in [5, 5.41) is 11.1. The van der Waals surface area contributed by atoms with E-state index in [0.717, 1.165) is 35.1 Å². The van der Waals surface area contributed by atoms with Crippen molar-refractivity contribution in [2.45, 2.75) is 17.2 Å². The summed E-state index contributed by atoms with van der Waals surface area (Å²) in [6.07, 6.45) is -7.02. The smallest absolute Gasteiger partial charge is 0.415 e. The number of hydrogen-bond donors (Lipinski definition) is 1. The van der Waals surface area contributed by atoms with Crippen LogP contribution in [0.5, 0.6) is 5.75 Å². The lowest BCUT2D eigenvalue weighted by Crippen LogP contribution is -2.35. The van der Waals surface area contributed by atoms with Crippen LogP contribution in [0.15, 0.2) is 71.5 Å². The van der Waals surface area contributed by atoms with E-state index >= 15 is 0 Å². The standard InChI is InChI=1S/C22H19F3N2O5S2/c1-3-20(29)27(21-26-18(12-33-21)14-4-8-16(32-2)9-5-14)15-6-10-17(11-7-15)34(30,31)13-19(28)22(23,24)25/h3-12,19,28H,1,13H2,2H3. The topological polar surface area (TPSA) is 96.8 Å². The zero-order chi connectivity index (χ0) is 25.1. The van der Waals surface area contributed by atoms with Gasteiger partial charge in [0.2, 0.25) is 0 Å². The summed E-state index contributed by atoms with van der Waals surface area (Å²) in [5.41, 5.74) is 1.60. The Morgan fingerprint density at radius 1 is 1.21 bits per heavy atom. The van der Waals surface area contributed by atoms with Crippen LogP contribution < -0.4 is 9.64 Å². The Labute approximate surface area is 197 Å². The molecule has 1 N–H and O–H groups in total. The highest BCUT2D eigenvalue weighted by molar-refractivity contribution is 7.91. The number of benzene rings is 2. The van der Waals surface area contributed by atoms with Gasteiger partial charge in [-0.15, -0.1) is 11.3 Å². The molecule has 2 aromatic carbocycles. The van der Waals surface area contributed by atoms with E-state index < -0.39 is 38.7 Å². The number of ether oxygens (including phenoxy) is 1. The van der Waals surface area contributed by atoms with Crippen molar-refractivity contribution in [2.75, 3.05) is 17.8 Å². The molecule has 0 saturated carbocycles. The van der Waals surface area contributed by atoms with E-state index in [1.165, 1.54) is 17.0 Å². The van der Waals surface area contributed by atoms with Crippen molar-refractivity contribution in [3.63, 3.8) is 0 Å². The fraction of sp³-hybridized carbons (Fsp3) is 0.182. The van der Waals surface area contributed by atoms with E-state index in [9.17, 15) is 26.4 Å². The first-order chi connectivity index (χ1) is 16.0. The number of halogens is 3. The average Bonchev–Trinajstić information content (AvgIpc) is 3.28. The second-order valence-corrected chi connectivity index (χ2v) is 9.83. The molecule has 0 saturated heterocycles. The average molecular weight is 513 g/mol. The number of alkyl halides is 3. The largest absolute Gasteiger partial charge is 0.497 e. The van der Waals surface area contributed by atoms with Crippen LogP contribution in [0.2, 0.25) is 0 Å².